The van der Waals surface area contributed by atoms with Crippen LogP contribution in [0, 0.1) is 0 Å². The van der Waals surface area contributed by atoms with Crippen LogP contribution >= 0.6 is 11.6 Å². The second kappa shape index (κ2) is 8.72. The minimum atomic E-state index is -0.471. The first-order chi connectivity index (χ1) is 12.6. The Morgan fingerprint density at radius 1 is 1.00 bits per heavy atom. The average Bonchev–Trinajstić information content (AvgIpc) is 2.93. The van der Waals surface area contributed by atoms with E-state index in [9.17, 15) is 9.59 Å². The molecule has 26 heavy (non-hydrogen) atoms. The van der Waals surface area contributed by atoms with Crippen molar-refractivity contribution in [2.75, 3.05) is 13.1 Å². The number of hydrogen-bond donors (Lipinski definition) is 0. The Hall–Kier alpha value is -2.53. The van der Waals surface area contributed by atoms with Gasteiger partial charge >= 0.3 is 5.97 Å². The smallest absolute Gasteiger partial charge is 0.344 e. The van der Waals surface area contributed by atoms with Gasteiger partial charge in [0, 0.05) is 30.4 Å². The molecule has 6 heteroatoms. The summed E-state index contributed by atoms with van der Waals surface area (Å²) < 4.78 is 7.10. The van der Waals surface area contributed by atoms with Gasteiger partial charge in [-0.2, -0.15) is 0 Å². The lowest BCUT2D eigenvalue weighted by molar-refractivity contribution is 0.0505. The van der Waals surface area contributed by atoms with Gasteiger partial charge in [-0.1, -0.05) is 30.5 Å². The van der Waals surface area contributed by atoms with Crippen molar-refractivity contribution in [1.29, 1.82) is 0 Å². The number of esters is 1. The summed E-state index contributed by atoms with van der Waals surface area (Å²) in [6.45, 7) is 1.59. The standard InChI is InChI=1S/C20H21ClN2O3/c21-17-10-8-16(9-11-17)20(25)26-19(22-12-4-1-2-5-13-22)15-23-14-6-3-7-18(23)24/h3,6-11,14-15H,1-2,4-5,12-13H2. The van der Waals surface area contributed by atoms with E-state index in [1.165, 1.54) is 10.6 Å². The van der Waals surface area contributed by atoms with Crippen molar-refractivity contribution in [1.82, 2.24) is 9.47 Å². The number of rotatable bonds is 4. The number of pyridine rings is 1. The molecule has 0 bridgehead atoms. The normalized spacial score (nSPS) is 15.4. The van der Waals surface area contributed by atoms with Crippen LogP contribution in [0.5, 0.6) is 0 Å². The lowest BCUT2D eigenvalue weighted by atomic mass is 10.2. The first kappa shape index (κ1) is 18.3. The van der Waals surface area contributed by atoms with Crippen LogP contribution in [-0.4, -0.2) is 28.5 Å². The molecule has 0 aliphatic carbocycles. The summed E-state index contributed by atoms with van der Waals surface area (Å²) in [7, 11) is 0. The third-order valence-corrected chi connectivity index (χ3v) is 4.55. The molecule has 1 fully saturated rings. The molecule has 0 atom stereocenters. The van der Waals surface area contributed by atoms with Gasteiger partial charge < -0.3 is 9.64 Å². The number of hydrogen-bond acceptors (Lipinski definition) is 4. The van der Waals surface area contributed by atoms with E-state index in [1.54, 1.807) is 48.8 Å². The van der Waals surface area contributed by atoms with Crippen molar-refractivity contribution in [3.05, 3.63) is 75.5 Å². The van der Waals surface area contributed by atoms with Gasteiger partial charge in [0.1, 0.15) is 0 Å². The lowest BCUT2D eigenvalue weighted by Gasteiger charge is -2.24. The van der Waals surface area contributed by atoms with E-state index >= 15 is 0 Å². The SMILES string of the molecule is O=C(OC(=Cn1ccccc1=O)N1CCCCCC1)c1ccc(Cl)cc1. The second-order valence-electron chi connectivity index (χ2n) is 6.21. The molecule has 2 heterocycles. The Morgan fingerprint density at radius 3 is 2.35 bits per heavy atom. The number of nitrogens with zero attached hydrogens (tertiary/aromatic N) is 2. The van der Waals surface area contributed by atoms with E-state index in [-0.39, 0.29) is 5.56 Å². The zero-order valence-corrected chi connectivity index (χ0v) is 15.2. The molecule has 1 saturated heterocycles. The van der Waals surface area contributed by atoms with Crippen LogP contribution in [0.4, 0.5) is 0 Å². The van der Waals surface area contributed by atoms with Gasteiger partial charge in [0.25, 0.3) is 5.56 Å². The number of halogens is 1. The highest BCUT2D eigenvalue weighted by molar-refractivity contribution is 6.30. The maximum Gasteiger partial charge on any atom is 0.344 e. The van der Waals surface area contributed by atoms with Crippen molar-refractivity contribution >= 4 is 23.8 Å². The molecule has 0 radical (unpaired) electrons. The summed E-state index contributed by atoms with van der Waals surface area (Å²) in [5.74, 6) is -0.0821. The first-order valence-electron chi connectivity index (χ1n) is 8.75. The van der Waals surface area contributed by atoms with Crippen LogP contribution in [0.15, 0.2) is 59.3 Å². The highest BCUT2D eigenvalue weighted by atomic mass is 35.5. The molecule has 1 aromatic heterocycles. The van der Waals surface area contributed by atoms with Crippen molar-refractivity contribution < 1.29 is 9.53 Å². The van der Waals surface area contributed by atoms with Crippen molar-refractivity contribution in [2.24, 2.45) is 0 Å². The van der Waals surface area contributed by atoms with Gasteiger partial charge in [-0.15, -0.1) is 0 Å². The molecule has 0 unspecified atom stereocenters. The molecule has 1 aromatic carbocycles. The highest BCUT2D eigenvalue weighted by Gasteiger charge is 2.18. The van der Waals surface area contributed by atoms with Gasteiger partial charge in [0.05, 0.1) is 11.8 Å². The van der Waals surface area contributed by atoms with Crippen molar-refractivity contribution in [2.45, 2.75) is 25.7 Å². The molecule has 0 N–H and O–H groups in total. The Bertz CT molecular complexity index is 835. The van der Waals surface area contributed by atoms with E-state index in [0.717, 1.165) is 38.8 Å². The maximum absolute atomic E-state index is 12.5. The summed E-state index contributed by atoms with van der Waals surface area (Å²) in [6, 6.07) is 11.5. The molecular formula is C20H21ClN2O3. The molecule has 136 valence electrons. The van der Waals surface area contributed by atoms with Gasteiger partial charge in [0.2, 0.25) is 5.88 Å². The molecular weight excluding hydrogens is 352 g/mol. The van der Waals surface area contributed by atoms with E-state index in [4.69, 9.17) is 16.3 Å². The van der Waals surface area contributed by atoms with Crippen LogP contribution < -0.4 is 5.56 Å². The van der Waals surface area contributed by atoms with Crippen molar-refractivity contribution in [3.8, 4) is 0 Å². The van der Waals surface area contributed by atoms with Crippen LogP contribution in [-0.2, 0) is 4.74 Å². The van der Waals surface area contributed by atoms with Gasteiger partial charge in [-0.05, 0) is 43.2 Å². The molecule has 0 spiro atoms. The minimum Gasteiger partial charge on any atom is -0.404 e. The minimum absolute atomic E-state index is 0.178. The van der Waals surface area contributed by atoms with E-state index in [0.29, 0.717) is 16.5 Å². The molecule has 1 aliphatic rings. The van der Waals surface area contributed by atoms with Gasteiger partial charge in [-0.25, -0.2) is 4.79 Å². The summed E-state index contributed by atoms with van der Waals surface area (Å²) in [6.07, 6.45) is 7.59. The zero-order valence-electron chi connectivity index (χ0n) is 14.4. The van der Waals surface area contributed by atoms with Gasteiger partial charge in [0.15, 0.2) is 0 Å². The summed E-state index contributed by atoms with van der Waals surface area (Å²) >= 11 is 5.88. The lowest BCUT2D eigenvalue weighted by Crippen LogP contribution is -2.28. The number of benzene rings is 1. The fraction of sp³-hybridized carbons (Fsp3) is 0.300. The molecule has 1 aliphatic heterocycles. The molecule has 0 amide bonds. The summed E-state index contributed by atoms with van der Waals surface area (Å²) in [5, 5.41) is 0.556. The Balaban J connectivity index is 1.89. The number of carbonyl (C=O) groups is 1. The van der Waals surface area contributed by atoms with Crippen LogP contribution in [0.3, 0.4) is 0 Å². The number of likely N-dealkylation sites (tertiary alicyclic amines) is 1. The molecule has 3 rings (SSSR count). The predicted octanol–water partition coefficient (Wildman–Crippen LogP) is 3.99. The Morgan fingerprint density at radius 2 is 1.69 bits per heavy atom. The largest absolute Gasteiger partial charge is 0.404 e. The average molecular weight is 373 g/mol. The summed E-state index contributed by atoms with van der Waals surface area (Å²) in [4.78, 5) is 26.6. The van der Waals surface area contributed by atoms with Crippen molar-refractivity contribution in [3.63, 3.8) is 0 Å². The van der Waals surface area contributed by atoms with Gasteiger partial charge in [-0.3, -0.25) is 9.36 Å². The number of carbonyl (C=O) groups excluding carboxylic acids is 1. The van der Waals surface area contributed by atoms with E-state index < -0.39 is 5.97 Å². The molecule has 2 aromatic rings. The monoisotopic (exact) mass is 372 g/mol. The third-order valence-electron chi connectivity index (χ3n) is 4.30. The van der Waals surface area contributed by atoms with E-state index in [1.807, 2.05) is 4.90 Å². The van der Waals surface area contributed by atoms with Crippen LogP contribution in [0.25, 0.3) is 6.20 Å². The Kier molecular flexibility index (Phi) is 6.12. The first-order valence-corrected chi connectivity index (χ1v) is 9.13. The van der Waals surface area contributed by atoms with Crippen LogP contribution in [0.2, 0.25) is 5.02 Å². The molecule has 0 saturated carbocycles. The topological polar surface area (TPSA) is 51.5 Å². The van der Waals surface area contributed by atoms with Crippen LogP contribution in [0.1, 0.15) is 36.0 Å². The quantitative estimate of drug-likeness (QED) is 0.601. The number of ether oxygens (including phenoxy) is 1. The number of aromatic nitrogens is 1. The third kappa shape index (κ3) is 4.76. The predicted molar refractivity (Wildman–Crippen MR) is 102 cm³/mol. The molecule has 5 nitrogen and oxygen atoms in total. The summed E-state index contributed by atoms with van der Waals surface area (Å²) in [5.41, 5.74) is 0.234. The Labute approximate surface area is 157 Å². The zero-order chi connectivity index (χ0) is 18.4. The van der Waals surface area contributed by atoms with E-state index in [2.05, 4.69) is 0 Å². The fourth-order valence-electron chi connectivity index (χ4n) is 2.87. The second-order valence-corrected chi connectivity index (χ2v) is 6.65. The maximum atomic E-state index is 12.5. The highest BCUT2D eigenvalue weighted by Crippen LogP contribution is 2.18. The fourth-order valence-corrected chi connectivity index (χ4v) is 2.99.